The molecule has 2 atom stereocenters. The molecular formula is C16H19NO3S. The standard InChI is InChI=1S/C16H19NO3S/c1-12-3-9-15(10-4-12)21(19)17-16(11-18)13-5-7-14(20-2)8-6-13/h3-10,16-18H,11H2,1-2H3/t16-,21-/m1/s1. The molecule has 0 aromatic heterocycles. The van der Waals surface area contributed by atoms with Crippen LogP contribution in [-0.4, -0.2) is 23.0 Å². The van der Waals surface area contributed by atoms with Gasteiger partial charge in [-0.1, -0.05) is 29.8 Å². The highest BCUT2D eigenvalue weighted by Crippen LogP contribution is 2.19. The van der Waals surface area contributed by atoms with Gasteiger partial charge in [0.2, 0.25) is 0 Å². The monoisotopic (exact) mass is 305 g/mol. The Labute approximate surface area is 127 Å². The molecule has 0 radical (unpaired) electrons. The van der Waals surface area contributed by atoms with Crippen molar-refractivity contribution in [3.05, 3.63) is 59.7 Å². The highest BCUT2D eigenvalue weighted by Gasteiger charge is 2.14. The van der Waals surface area contributed by atoms with E-state index in [2.05, 4.69) is 4.72 Å². The maximum Gasteiger partial charge on any atom is 0.125 e. The fourth-order valence-corrected chi connectivity index (χ4v) is 2.89. The molecule has 2 rings (SSSR count). The quantitative estimate of drug-likeness (QED) is 0.861. The first-order valence-electron chi connectivity index (χ1n) is 6.63. The summed E-state index contributed by atoms with van der Waals surface area (Å²) in [4.78, 5) is 0.688. The van der Waals surface area contributed by atoms with Gasteiger partial charge in [0.1, 0.15) is 16.7 Å². The van der Waals surface area contributed by atoms with Gasteiger partial charge in [-0.2, -0.15) is 0 Å². The van der Waals surface area contributed by atoms with Crippen molar-refractivity contribution in [2.75, 3.05) is 13.7 Å². The summed E-state index contributed by atoms with van der Waals surface area (Å²) in [5.41, 5.74) is 1.98. The van der Waals surface area contributed by atoms with E-state index in [9.17, 15) is 9.32 Å². The smallest absolute Gasteiger partial charge is 0.125 e. The van der Waals surface area contributed by atoms with Crippen LogP contribution in [0.5, 0.6) is 5.75 Å². The number of aliphatic hydroxyl groups is 1. The summed E-state index contributed by atoms with van der Waals surface area (Å²) in [7, 11) is 0.230. The molecule has 2 N–H and O–H groups in total. The summed E-state index contributed by atoms with van der Waals surface area (Å²) < 4.78 is 20.3. The van der Waals surface area contributed by atoms with Crippen LogP contribution in [-0.2, 0) is 11.0 Å². The lowest BCUT2D eigenvalue weighted by molar-refractivity contribution is 0.260. The van der Waals surface area contributed by atoms with Crippen LogP contribution in [0, 0.1) is 6.92 Å². The molecule has 2 aromatic carbocycles. The summed E-state index contributed by atoms with van der Waals surface area (Å²) in [6.45, 7) is 1.85. The molecule has 0 aliphatic rings. The molecule has 112 valence electrons. The van der Waals surface area contributed by atoms with Crippen LogP contribution in [0.4, 0.5) is 0 Å². The summed E-state index contributed by atoms with van der Waals surface area (Å²) in [5, 5.41) is 9.52. The maximum atomic E-state index is 12.3. The Morgan fingerprint density at radius 1 is 1.14 bits per heavy atom. The topological polar surface area (TPSA) is 58.6 Å². The van der Waals surface area contributed by atoms with Crippen LogP contribution in [0.1, 0.15) is 17.2 Å². The molecule has 0 aliphatic heterocycles. The fourth-order valence-electron chi connectivity index (χ4n) is 1.91. The minimum absolute atomic E-state index is 0.135. The predicted octanol–water partition coefficient (Wildman–Crippen LogP) is 2.35. The zero-order valence-corrected chi connectivity index (χ0v) is 12.9. The number of hydrogen-bond donors (Lipinski definition) is 2. The number of benzene rings is 2. The summed E-state index contributed by atoms with van der Waals surface area (Å²) in [6.07, 6.45) is 0. The third-order valence-electron chi connectivity index (χ3n) is 3.19. The Balaban J connectivity index is 2.10. The maximum absolute atomic E-state index is 12.3. The number of aryl methyl sites for hydroxylation is 1. The van der Waals surface area contributed by atoms with E-state index in [1.807, 2.05) is 55.5 Å². The molecule has 0 heterocycles. The molecule has 4 nitrogen and oxygen atoms in total. The first-order valence-corrected chi connectivity index (χ1v) is 7.78. The van der Waals surface area contributed by atoms with Gasteiger partial charge in [-0.25, -0.2) is 8.93 Å². The molecule has 0 aliphatic carbocycles. The van der Waals surface area contributed by atoms with E-state index in [-0.39, 0.29) is 6.61 Å². The summed E-state index contributed by atoms with van der Waals surface area (Å²) in [5.74, 6) is 0.745. The van der Waals surface area contributed by atoms with Crippen LogP contribution >= 0.6 is 0 Å². The van der Waals surface area contributed by atoms with Crippen molar-refractivity contribution in [3.63, 3.8) is 0 Å². The van der Waals surface area contributed by atoms with Gasteiger partial charge in [-0.15, -0.1) is 0 Å². The first-order chi connectivity index (χ1) is 10.1. The first kappa shape index (κ1) is 15.7. The van der Waals surface area contributed by atoms with E-state index in [1.165, 1.54) is 0 Å². The lowest BCUT2D eigenvalue weighted by Crippen LogP contribution is -2.26. The molecule has 0 amide bonds. The zero-order chi connectivity index (χ0) is 15.2. The molecular weight excluding hydrogens is 286 g/mol. The van der Waals surface area contributed by atoms with E-state index in [0.717, 1.165) is 16.9 Å². The van der Waals surface area contributed by atoms with Gasteiger partial charge >= 0.3 is 0 Å². The molecule has 0 saturated carbocycles. The molecule has 2 aromatic rings. The number of rotatable bonds is 6. The molecule has 0 unspecified atom stereocenters. The van der Waals surface area contributed by atoms with Crippen molar-refractivity contribution in [1.82, 2.24) is 4.72 Å². The van der Waals surface area contributed by atoms with Gasteiger partial charge in [0, 0.05) is 0 Å². The number of hydrogen-bond acceptors (Lipinski definition) is 3. The fraction of sp³-hybridized carbons (Fsp3) is 0.250. The summed E-state index contributed by atoms with van der Waals surface area (Å²) in [6, 6.07) is 14.4. The second kappa shape index (κ2) is 7.36. The lowest BCUT2D eigenvalue weighted by Gasteiger charge is -2.16. The van der Waals surface area contributed by atoms with Gasteiger partial charge in [0.15, 0.2) is 0 Å². The van der Waals surface area contributed by atoms with Crippen LogP contribution in [0.2, 0.25) is 0 Å². The van der Waals surface area contributed by atoms with Gasteiger partial charge in [0.05, 0.1) is 24.7 Å². The van der Waals surface area contributed by atoms with Crippen LogP contribution in [0.3, 0.4) is 0 Å². The van der Waals surface area contributed by atoms with Crippen LogP contribution < -0.4 is 9.46 Å². The molecule has 0 spiro atoms. The summed E-state index contributed by atoms with van der Waals surface area (Å²) >= 11 is 0. The van der Waals surface area contributed by atoms with Crippen LogP contribution in [0.15, 0.2) is 53.4 Å². The second-order valence-corrected chi connectivity index (χ2v) is 5.95. The molecule has 5 heteroatoms. The van der Waals surface area contributed by atoms with Crippen molar-refractivity contribution in [3.8, 4) is 5.75 Å². The van der Waals surface area contributed by atoms with E-state index < -0.39 is 17.0 Å². The van der Waals surface area contributed by atoms with E-state index >= 15 is 0 Å². The third kappa shape index (κ3) is 4.14. The average Bonchev–Trinajstić information content (AvgIpc) is 2.53. The molecule has 0 saturated heterocycles. The van der Waals surface area contributed by atoms with Crippen molar-refractivity contribution >= 4 is 11.0 Å². The van der Waals surface area contributed by atoms with Crippen molar-refractivity contribution < 1.29 is 14.1 Å². The van der Waals surface area contributed by atoms with Gasteiger partial charge < -0.3 is 9.84 Å². The largest absolute Gasteiger partial charge is 0.497 e. The van der Waals surface area contributed by atoms with Crippen molar-refractivity contribution in [1.29, 1.82) is 0 Å². The Hall–Kier alpha value is -1.69. The molecule has 0 bridgehead atoms. The van der Waals surface area contributed by atoms with Gasteiger partial charge in [0.25, 0.3) is 0 Å². The Morgan fingerprint density at radius 2 is 1.76 bits per heavy atom. The predicted molar refractivity (Wildman–Crippen MR) is 83.5 cm³/mol. The normalized spacial score (nSPS) is 13.7. The molecule has 21 heavy (non-hydrogen) atoms. The Morgan fingerprint density at radius 3 is 2.29 bits per heavy atom. The second-order valence-electron chi connectivity index (χ2n) is 4.71. The van der Waals surface area contributed by atoms with E-state index in [4.69, 9.17) is 4.74 Å². The van der Waals surface area contributed by atoms with Gasteiger partial charge in [-0.3, -0.25) is 0 Å². The van der Waals surface area contributed by atoms with E-state index in [1.54, 1.807) is 7.11 Å². The zero-order valence-electron chi connectivity index (χ0n) is 12.1. The minimum atomic E-state index is -1.37. The third-order valence-corrected chi connectivity index (χ3v) is 4.38. The lowest BCUT2D eigenvalue weighted by atomic mass is 10.1. The SMILES string of the molecule is COc1ccc([C@@H](CO)N[S@](=O)c2ccc(C)cc2)cc1. The Bertz CT molecular complexity index is 596. The molecule has 0 fully saturated rings. The van der Waals surface area contributed by atoms with Crippen LogP contribution in [0.25, 0.3) is 0 Å². The number of methoxy groups -OCH3 is 1. The highest BCUT2D eigenvalue weighted by molar-refractivity contribution is 7.83. The number of aliphatic hydroxyl groups excluding tert-OH is 1. The average molecular weight is 305 g/mol. The number of nitrogens with one attached hydrogen (secondary N) is 1. The van der Waals surface area contributed by atoms with Crippen molar-refractivity contribution in [2.45, 2.75) is 17.9 Å². The van der Waals surface area contributed by atoms with Gasteiger partial charge in [-0.05, 0) is 36.8 Å². The highest BCUT2D eigenvalue weighted by atomic mass is 32.2. The van der Waals surface area contributed by atoms with Crippen molar-refractivity contribution in [2.24, 2.45) is 0 Å². The Kier molecular flexibility index (Phi) is 5.50. The minimum Gasteiger partial charge on any atom is -0.497 e. The van der Waals surface area contributed by atoms with E-state index in [0.29, 0.717) is 4.90 Å². The number of ether oxygens (including phenoxy) is 1.